The first kappa shape index (κ1) is 28.1. The Morgan fingerprint density at radius 3 is 2.05 bits per heavy atom. The van der Waals surface area contributed by atoms with Crippen molar-refractivity contribution in [1.29, 1.82) is 0 Å². The zero-order valence-electron chi connectivity index (χ0n) is 23.2. The first-order valence-corrected chi connectivity index (χ1v) is 14.1. The molecular formula is C36H30BrLiN2. The molecule has 6 aromatic rings. The Labute approximate surface area is 256 Å². The van der Waals surface area contributed by atoms with Crippen LogP contribution in [0.5, 0.6) is 0 Å². The summed E-state index contributed by atoms with van der Waals surface area (Å²) in [6, 6.07) is 33.7. The van der Waals surface area contributed by atoms with Gasteiger partial charge in [-0.25, -0.2) is 0 Å². The van der Waals surface area contributed by atoms with Crippen LogP contribution in [0.2, 0.25) is 0 Å². The van der Waals surface area contributed by atoms with Crippen molar-refractivity contribution in [3.05, 3.63) is 147 Å². The summed E-state index contributed by atoms with van der Waals surface area (Å²) in [5.41, 5.74) is 12.2. The van der Waals surface area contributed by atoms with Gasteiger partial charge in [0.2, 0.25) is 0 Å². The molecule has 192 valence electrons. The zero-order valence-corrected chi connectivity index (χ0v) is 24.8. The standard InChI is InChI=1S/C18H15N.C10H9Br.C8H6N.Li/c1-13-11-15-6-4-8-18(16(15)12-13)19-10-9-14-5-2-3-7-17(14)19;1-7-5-8-3-2-4-10(11)9(8)6-7;1-2-4-8-7(3-1)5-6-9-8;/h2-11H,12H2,1H3;2-5H,6H2,1H3;1-6H;/q;;-1;+1. The molecule has 2 aromatic heterocycles. The Morgan fingerprint density at radius 2 is 1.30 bits per heavy atom. The Balaban J connectivity index is 0.000000131. The summed E-state index contributed by atoms with van der Waals surface area (Å²) in [4.78, 5) is 4.12. The molecule has 0 saturated heterocycles. The molecule has 4 heteroatoms. The van der Waals surface area contributed by atoms with Crippen molar-refractivity contribution < 1.29 is 18.9 Å². The largest absolute Gasteiger partial charge is 1.00 e. The Morgan fingerprint density at radius 1 is 0.650 bits per heavy atom. The molecule has 0 N–H and O–H groups in total. The second-order valence-corrected chi connectivity index (χ2v) is 11.1. The molecule has 2 aliphatic rings. The van der Waals surface area contributed by atoms with Gasteiger partial charge in [-0.15, -0.1) is 5.52 Å². The van der Waals surface area contributed by atoms with Crippen molar-refractivity contribution in [2.24, 2.45) is 0 Å². The molecule has 0 spiro atoms. The van der Waals surface area contributed by atoms with Gasteiger partial charge in [0.1, 0.15) is 0 Å². The average molecular weight is 577 g/mol. The van der Waals surface area contributed by atoms with E-state index < -0.39 is 0 Å². The van der Waals surface area contributed by atoms with Crippen molar-refractivity contribution in [3.8, 4) is 5.69 Å². The average Bonchev–Trinajstić information content (AvgIpc) is 3.74. The number of nitrogens with zero attached hydrogens (tertiary/aromatic N) is 2. The van der Waals surface area contributed by atoms with Gasteiger partial charge >= 0.3 is 18.9 Å². The van der Waals surface area contributed by atoms with Gasteiger partial charge in [0.05, 0.1) is 5.52 Å². The maximum absolute atomic E-state index is 4.12. The molecule has 0 atom stereocenters. The number of benzene rings is 4. The summed E-state index contributed by atoms with van der Waals surface area (Å²) in [7, 11) is 0. The van der Waals surface area contributed by atoms with E-state index in [1.807, 2.05) is 30.5 Å². The topological polar surface area (TPSA) is 19.0 Å². The van der Waals surface area contributed by atoms with Gasteiger partial charge in [0, 0.05) is 16.4 Å². The van der Waals surface area contributed by atoms with E-state index in [1.54, 1.807) is 0 Å². The minimum atomic E-state index is 0. The summed E-state index contributed by atoms with van der Waals surface area (Å²) in [6.07, 6.45) is 10.7. The van der Waals surface area contributed by atoms with Crippen LogP contribution in [0.3, 0.4) is 0 Å². The normalized spacial score (nSPS) is 12.8. The van der Waals surface area contributed by atoms with Gasteiger partial charge in [-0.2, -0.15) is 6.20 Å². The summed E-state index contributed by atoms with van der Waals surface area (Å²) >= 11 is 3.54. The van der Waals surface area contributed by atoms with Crippen LogP contribution in [-0.2, 0) is 12.8 Å². The van der Waals surface area contributed by atoms with Gasteiger partial charge in [-0.05, 0) is 84.0 Å². The second-order valence-electron chi connectivity index (χ2n) is 10.2. The van der Waals surface area contributed by atoms with Gasteiger partial charge < -0.3 is 9.55 Å². The third-order valence-corrected chi connectivity index (χ3v) is 8.06. The van der Waals surface area contributed by atoms with Crippen LogP contribution >= 0.6 is 15.9 Å². The predicted molar refractivity (Wildman–Crippen MR) is 169 cm³/mol. The molecule has 0 radical (unpaired) electrons. The summed E-state index contributed by atoms with van der Waals surface area (Å²) in [5.74, 6) is 0. The van der Waals surface area contributed by atoms with Crippen molar-refractivity contribution in [1.82, 2.24) is 9.55 Å². The fourth-order valence-corrected chi connectivity index (χ4v) is 5.99. The monoisotopic (exact) mass is 576 g/mol. The zero-order chi connectivity index (χ0) is 26.8. The number of aromatic nitrogens is 2. The summed E-state index contributed by atoms with van der Waals surface area (Å²) < 4.78 is 3.55. The molecule has 0 aliphatic heterocycles. The van der Waals surface area contributed by atoms with Crippen molar-refractivity contribution in [2.75, 3.05) is 0 Å². The summed E-state index contributed by atoms with van der Waals surface area (Å²) in [6.45, 7) is 4.38. The van der Waals surface area contributed by atoms with Gasteiger partial charge in [0.15, 0.2) is 0 Å². The minimum Gasteiger partial charge on any atom is -0.664 e. The number of fused-ring (bicyclic) bond motifs is 4. The maximum atomic E-state index is 4.12. The quantitative estimate of drug-likeness (QED) is 0.197. The van der Waals surface area contributed by atoms with Gasteiger partial charge in [-0.1, -0.05) is 112 Å². The Kier molecular flexibility index (Phi) is 8.67. The van der Waals surface area contributed by atoms with Crippen LogP contribution in [0, 0.1) is 0 Å². The molecule has 2 nitrogen and oxygen atoms in total. The number of para-hydroxylation sites is 2. The van der Waals surface area contributed by atoms with Crippen molar-refractivity contribution >= 4 is 49.9 Å². The van der Waals surface area contributed by atoms with E-state index in [9.17, 15) is 0 Å². The van der Waals surface area contributed by atoms with Crippen LogP contribution in [-0.4, -0.2) is 4.57 Å². The first-order chi connectivity index (χ1) is 19.1. The summed E-state index contributed by atoms with van der Waals surface area (Å²) in [5, 5.41) is 2.51. The van der Waals surface area contributed by atoms with E-state index in [0.717, 1.165) is 18.4 Å². The molecule has 8 rings (SSSR count). The van der Waals surface area contributed by atoms with E-state index in [4.69, 9.17) is 0 Å². The molecule has 4 aromatic carbocycles. The van der Waals surface area contributed by atoms with Crippen LogP contribution in [0.4, 0.5) is 0 Å². The molecule has 0 fully saturated rings. The number of allylic oxidation sites excluding steroid dienone is 2. The minimum absolute atomic E-state index is 0. The van der Waals surface area contributed by atoms with E-state index in [1.165, 1.54) is 59.8 Å². The number of hydrogen-bond donors (Lipinski definition) is 0. The number of rotatable bonds is 1. The molecule has 0 amide bonds. The third-order valence-electron chi connectivity index (χ3n) is 7.32. The van der Waals surface area contributed by atoms with E-state index >= 15 is 0 Å². The van der Waals surface area contributed by atoms with Crippen LogP contribution < -0.4 is 23.8 Å². The SMILES string of the molecule is CC1=Cc2cccc(-n3ccc4ccccc43)c2C1.CC1=Cc2cccc(Br)c2C1.[Li+].c1ccc2[n-]ccc2c1. The first-order valence-electron chi connectivity index (χ1n) is 13.3. The van der Waals surface area contributed by atoms with Crippen LogP contribution in [0.1, 0.15) is 36.1 Å². The Hall–Kier alpha value is -3.48. The Bertz CT molecular complexity index is 1820. The maximum Gasteiger partial charge on any atom is 1.00 e. The van der Waals surface area contributed by atoms with Gasteiger partial charge in [0.25, 0.3) is 0 Å². The molecule has 40 heavy (non-hydrogen) atoms. The fourth-order valence-electron chi connectivity index (χ4n) is 5.47. The fraction of sp³-hybridized carbons (Fsp3) is 0.111. The molecule has 0 unspecified atom stereocenters. The molecule has 0 bridgehead atoms. The van der Waals surface area contributed by atoms with Crippen molar-refractivity contribution in [3.63, 3.8) is 0 Å². The van der Waals surface area contributed by atoms with E-state index in [0.29, 0.717) is 0 Å². The molecule has 0 saturated carbocycles. The van der Waals surface area contributed by atoms with Crippen LogP contribution in [0.25, 0.3) is 39.6 Å². The molecule has 2 heterocycles. The smallest absolute Gasteiger partial charge is 0.664 e. The van der Waals surface area contributed by atoms with Gasteiger partial charge in [-0.3, -0.25) is 0 Å². The predicted octanol–water partition coefficient (Wildman–Crippen LogP) is 6.80. The number of halogens is 1. The molecule has 2 aliphatic carbocycles. The van der Waals surface area contributed by atoms with E-state index in [-0.39, 0.29) is 18.9 Å². The number of hydrogen-bond acceptors (Lipinski definition) is 0. The third kappa shape index (κ3) is 5.84. The molecular weight excluding hydrogens is 547 g/mol. The second kappa shape index (κ2) is 12.4. The van der Waals surface area contributed by atoms with E-state index in [2.05, 4.69) is 130 Å². The van der Waals surface area contributed by atoms with Crippen molar-refractivity contribution in [2.45, 2.75) is 26.7 Å². The van der Waals surface area contributed by atoms with Crippen LogP contribution in [0.15, 0.2) is 125 Å².